The number of piperazine rings is 1. The van der Waals surface area contributed by atoms with E-state index in [0.29, 0.717) is 54.3 Å². The molecule has 4 rings (SSSR count). The summed E-state index contributed by atoms with van der Waals surface area (Å²) < 4.78 is 10.6. The number of benzene rings is 3. The van der Waals surface area contributed by atoms with Crippen LogP contribution < -0.4 is 15.0 Å². The first kappa shape index (κ1) is 25.8. The van der Waals surface area contributed by atoms with Crippen LogP contribution in [0.2, 0.25) is 0 Å². The Balaban J connectivity index is 1.54. The van der Waals surface area contributed by atoms with E-state index in [1.807, 2.05) is 49.1 Å². The van der Waals surface area contributed by atoms with Gasteiger partial charge in [-0.3, -0.25) is 9.59 Å². The molecule has 3 aromatic rings. The maximum absolute atomic E-state index is 13.2. The third-order valence-corrected chi connectivity index (χ3v) is 6.06. The number of rotatable bonds is 7. The largest absolute Gasteiger partial charge is 0.491 e. The molecule has 2 amide bonds. The fourth-order valence-electron chi connectivity index (χ4n) is 4.25. The summed E-state index contributed by atoms with van der Waals surface area (Å²) in [6.45, 7) is 6.07. The molecule has 0 bridgehead atoms. The minimum absolute atomic E-state index is 0.00156. The minimum Gasteiger partial charge on any atom is -0.491 e. The number of amides is 2. The first-order valence-corrected chi connectivity index (χ1v) is 12.3. The number of ether oxygens (including phenoxy) is 2. The fourth-order valence-corrected chi connectivity index (χ4v) is 4.25. The van der Waals surface area contributed by atoms with Gasteiger partial charge in [0.2, 0.25) is 0 Å². The molecular formula is C29H31N3O5. The number of nitrogens with one attached hydrogen (secondary N) is 1. The Morgan fingerprint density at radius 3 is 2.19 bits per heavy atom. The van der Waals surface area contributed by atoms with Gasteiger partial charge in [0.25, 0.3) is 11.8 Å². The zero-order valence-corrected chi connectivity index (χ0v) is 21.3. The first-order valence-electron chi connectivity index (χ1n) is 12.3. The summed E-state index contributed by atoms with van der Waals surface area (Å²) in [5.41, 5.74) is 2.69. The van der Waals surface area contributed by atoms with Crippen molar-refractivity contribution in [3.8, 4) is 5.75 Å². The Labute approximate surface area is 216 Å². The second-order valence-corrected chi connectivity index (χ2v) is 9.02. The van der Waals surface area contributed by atoms with Gasteiger partial charge in [-0.05, 0) is 62.4 Å². The molecule has 8 heteroatoms. The van der Waals surface area contributed by atoms with E-state index in [-0.39, 0.29) is 17.9 Å². The maximum Gasteiger partial charge on any atom is 0.337 e. The molecule has 0 saturated carbocycles. The van der Waals surface area contributed by atoms with Crippen LogP contribution in [-0.4, -0.2) is 62.1 Å². The topological polar surface area (TPSA) is 88.2 Å². The van der Waals surface area contributed by atoms with Crippen LogP contribution in [-0.2, 0) is 4.74 Å². The van der Waals surface area contributed by atoms with Crippen molar-refractivity contribution in [2.75, 3.05) is 43.5 Å². The zero-order chi connectivity index (χ0) is 26.4. The molecule has 1 heterocycles. The van der Waals surface area contributed by atoms with Crippen LogP contribution in [0.5, 0.6) is 5.75 Å². The molecule has 0 aliphatic carbocycles. The minimum atomic E-state index is -0.493. The fraction of sp³-hybridized carbons (Fsp3) is 0.276. The Morgan fingerprint density at radius 1 is 0.811 bits per heavy atom. The highest BCUT2D eigenvalue weighted by Gasteiger charge is 2.25. The summed E-state index contributed by atoms with van der Waals surface area (Å²) >= 11 is 0. The van der Waals surface area contributed by atoms with Crippen molar-refractivity contribution >= 4 is 29.2 Å². The summed E-state index contributed by atoms with van der Waals surface area (Å²) in [4.78, 5) is 42.2. The number of methoxy groups -OCH3 is 1. The molecule has 0 atom stereocenters. The average Bonchev–Trinajstić information content (AvgIpc) is 2.92. The maximum atomic E-state index is 13.2. The van der Waals surface area contributed by atoms with Gasteiger partial charge in [-0.25, -0.2) is 4.79 Å². The van der Waals surface area contributed by atoms with Crippen LogP contribution in [0.4, 0.5) is 11.4 Å². The summed E-state index contributed by atoms with van der Waals surface area (Å²) in [7, 11) is 1.32. The van der Waals surface area contributed by atoms with Crippen molar-refractivity contribution in [2.45, 2.75) is 20.0 Å². The van der Waals surface area contributed by atoms with Gasteiger partial charge in [-0.2, -0.15) is 0 Å². The average molecular weight is 502 g/mol. The van der Waals surface area contributed by atoms with Gasteiger partial charge < -0.3 is 24.6 Å². The van der Waals surface area contributed by atoms with Gasteiger partial charge >= 0.3 is 5.97 Å². The second-order valence-electron chi connectivity index (χ2n) is 9.02. The van der Waals surface area contributed by atoms with Crippen molar-refractivity contribution in [2.24, 2.45) is 0 Å². The van der Waals surface area contributed by atoms with E-state index in [9.17, 15) is 14.4 Å². The van der Waals surface area contributed by atoms with E-state index in [0.717, 1.165) is 5.69 Å². The molecule has 37 heavy (non-hydrogen) atoms. The molecule has 0 radical (unpaired) electrons. The number of anilines is 2. The molecule has 1 N–H and O–H groups in total. The van der Waals surface area contributed by atoms with Gasteiger partial charge in [0, 0.05) is 37.3 Å². The van der Waals surface area contributed by atoms with Crippen LogP contribution in [0.15, 0.2) is 72.8 Å². The van der Waals surface area contributed by atoms with Gasteiger partial charge in [0.15, 0.2) is 0 Å². The Bertz CT molecular complexity index is 1270. The highest BCUT2D eigenvalue weighted by atomic mass is 16.5. The van der Waals surface area contributed by atoms with Crippen LogP contribution >= 0.6 is 0 Å². The van der Waals surface area contributed by atoms with Crippen LogP contribution in [0.1, 0.15) is 44.9 Å². The Hall–Kier alpha value is -4.33. The number of carbonyl (C=O) groups excluding carboxylic acids is 3. The smallest absolute Gasteiger partial charge is 0.337 e. The van der Waals surface area contributed by atoms with E-state index in [1.54, 1.807) is 42.5 Å². The molecule has 0 unspecified atom stereocenters. The lowest BCUT2D eigenvalue weighted by Gasteiger charge is -2.37. The standard InChI is InChI=1S/C29H31N3O5/c1-20(2)37-24-11-7-10-22(18-24)27(33)30-25-19-23(29(35)36-3)12-13-26(25)31-14-16-32(17-15-31)28(34)21-8-5-4-6-9-21/h4-13,18-20H,14-17H2,1-3H3,(H,30,33). The molecule has 192 valence electrons. The summed E-state index contributed by atoms with van der Waals surface area (Å²) in [6.07, 6.45) is -0.0194. The second kappa shape index (κ2) is 11.6. The van der Waals surface area contributed by atoms with E-state index in [1.165, 1.54) is 7.11 Å². The van der Waals surface area contributed by atoms with Gasteiger partial charge in [0.1, 0.15) is 5.75 Å². The molecular weight excluding hydrogens is 470 g/mol. The highest BCUT2D eigenvalue weighted by Crippen LogP contribution is 2.30. The van der Waals surface area contributed by atoms with Crippen molar-refractivity contribution in [1.29, 1.82) is 0 Å². The third-order valence-electron chi connectivity index (χ3n) is 6.06. The SMILES string of the molecule is COC(=O)c1ccc(N2CCN(C(=O)c3ccccc3)CC2)c(NC(=O)c2cccc(OC(C)C)c2)c1. The highest BCUT2D eigenvalue weighted by molar-refractivity contribution is 6.07. The van der Waals surface area contributed by atoms with Crippen LogP contribution in [0.25, 0.3) is 0 Å². The van der Waals surface area contributed by atoms with Crippen LogP contribution in [0, 0.1) is 0 Å². The van der Waals surface area contributed by atoms with Gasteiger partial charge in [0.05, 0.1) is 30.2 Å². The van der Waals surface area contributed by atoms with Gasteiger partial charge in [-0.1, -0.05) is 24.3 Å². The lowest BCUT2D eigenvalue weighted by molar-refractivity contribution is 0.0600. The molecule has 3 aromatic carbocycles. The summed E-state index contributed by atoms with van der Waals surface area (Å²) in [6, 6.07) is 21.3. The van der Waals surface area contributed by atoms with Crippen molar-refractivity contribution in [1.82, 2.24) is 4.90 Å². The Kier molecular flexibility index (Phi) is 8.08. The number of hydrogen-bond donors (Lipinski definition) is 1. The van der Waals surface area contributed by atoms with E-state index in [4.69, 9.17) is 9.47 Å². The third kappa shape index (κ3) is 6.27. The summed E-state index contributed by atoms with van der Waals surface area (Å²) in [5.74, 6) is -0.216. The number of carbonyl (C=O) groups is 3. The Morgan fingerprint density at radius 2 is 1.51 bits per heavy atom. The molecule has 1 saturated heterocycles. The molecule has 0 aromatic heterocycles. The molecule has 1 aliphatic heterocycles. The van der Waals surface area contributed by atoms with Crippen molar-refractivity contribution in [3.05, 3.63) is 89.5 Å². The van der Waals surface area contributed by atoms with E-state index in [2.05, 4.69) is 10.2 Å². The molecule has 1 aliphatic rings. The molecule has 0 spiro atoms. The summed E-state index contributed by atoms with van der Waals surface area (Å²) in [5, 5.41) is 2.96. The quantitative estimate of drug-likeness (QED) is 0.481. The van der Waals surface area contributed by atoms with Gasteiger partial charge in [-0.15, -0.1) is 0 Å². The van der Waals surface area contributed by atoms with Crippen molar-refractivity contribution in [3.63, 3.8) is 0 Å². The predicted molar refractivity (Wildman–Crippen MR) is 142 cm³/mol. The van der Waals surface area contributed by atoms with Crippen molar-refractivity contribution < 1.29 is 23.9 Å². The zero-order valence-electron chi connectivity index (χ0n) is 21.3. The lowest BCUT2D eigenvalue weighted by atomic mass is 10.1. The predicted octanol–water partition coefficient (Wildman–Crippen LogP) is 4.48. The first-order chi connectivity index (χ1) is 17.9. The van der Waals surface area contributed by atoms with E-state index >= 15 is 0 Å². The monoisotopic (exact) mass is 501 g/mol. The number of nitrogens with zero attached hydrogens (tertiary/aromatic N) is 2. The molecule has 1 fully saturated rings. The normalized spacial score (nSPS) is 13.3. The number of esters is 1. The number of hydrogen-bond acceptors (Lipinski definition) is 6. The molecule has 8 nitrogen and oxygen atoms in total. The van der Waals surface area contributed by atoms with E-state index < -0.39 is 5.97 Å². The van der Waals surface area contributed by atoms with Crippen LogP contribution in [0.3, 0.4) is 0 Å². The lowest BCUT2D eigenvalue weighted by Crippen LogP contribution is -2.49.